The Morgan fingerprint density at radius 3 is 2.77 bits per heavy atom. The van der Waals surface area contributed by atoms with E-state index in [-0.39, 0.29) is 11.5 Å². The van der Waals surface area contributed by atoms with Crippen LogP contribution in [0.1, 0.15) is 20.8 Å². The molecular formula is C17H14N6O3. The van der Waals surface area contributed by atoms with E-state index in [0.29, 0.717) is 22.4 Å². The van der Waals surface area contributed by atoms with E-state index in [1.165, 1.54) is 10.9 Å². The van der Waals surface area contributed by atoms with E-state index in [0.717, 1.165) is 0 Å². The number of nitrogens with one attached hydrogen (secondary N) is 3. The molecule has 3 N–H and O–H groups in total. The second-order valence-electron chi connectivity index (χ2n) is 5.56. The summed E-state index contributed by atoms with van der Waals surface area (Å²) in [4.78, 5) is 25.0. The van der Waals surface area contributed by atoms with Crippen LogP contribution in [0.2, 0.25) is 0 Å². The normalized spacial score (nSPS) is 10.8. The van der Waals surface area contributed by atoms with E-state index in [1.54, 1.807) is 49.6 Å². The van der Waals surface area contributed by atoms with Gasteiger partial charge in [0.15, 0.2) is 17.1 Å². The summed E-state index contributed by atoms with van der Waals surface area (Å²) in [5, 5.41) is 16.2. The first kappa shape index (κ1) is 15.6. The lowest BCUT2D eigenvalue weighted by atomic mass is 10.1. The molecule has 0 fully saturated rings. The van der Waals surface area contributed by atoms with Crippen LogP contribution in [-0.2, 0) is 7.05 Å². The number of carbonyl (C=O) groups excluding carboxylic acids is 2. The Morgan fingerprint density at radius 1 is 1.12 bits per heavy atom. The summed E-state index contributed by atoms with van der Waals surface area (Å²) in [5.74, 6) is -0.549. The van der Waals surface area contributed by atoms with Gasteiger partial charge >= 0.3 is 0 Å². The molecule has 9 heteroatoms. The van der Waals surface area contributed by atoms with E-state index in [9.17, 15) is 9.59 Å². The molecule has 2 amide bonds. The van der Waals surface area contributed by atoms with Gasteiger partial charge in [-0.1, -0.05) is 12.1 Å². The van der Waals surface area contributed by atoms with Crippen LogP contribution in [0.4, 0.5) is 11.5 Å². The summed E-state index contributed by atoms with van der Waals surface area (Å²) in [6.07, 6.45) is 3.17. The topological polar surface area (TPSA) is 118 Å². The number of benzene rings is 1. The van der Waals surface area contributed by atoms with E-state index in [4.69, 9.17) is 4.42 Å². The first-order valence-electron chi connectivity index (χ1n) is 7.75. The number of H-pyrrole nitrogens is 1. The van der Waals surface area contributed by atoms with Gasteiger partial charge in [-0.05, 0) is 18.2 Å². The molecule has 0 aliphatic rings. The third kappa shape index (κ3) is 2.81. The highest BCUT2D eigenvalue weighted by Crippen LogP contribution is 2.23. The lowest BCUT2D eigenvalue weighted by Crippen LogP contribution is -2.19. The van der Waals surface area contributed by atoms with Crippen LogP contribution in [-0.4, -0.2) is 31.8 Å². The molecule has 0 radical (unpaired) electrons. The molecule has 0 bridgehead atoms. The molecule has 0 saturated carbocycles. The summed E-state index contributed by atoms with van der Waals surface area (Å²) in [7, 11) is 1.72. The Labute approximate surface area is 147 Å². The highest BCUT2D eigenvalue weighted by Gasteiger charge is 2.18. The SMILES string of the molecule is Cn1ccc(C(=O)Nc2ccccc2C(=O)Nc2n[nH]c3ccoc23)n1. The van der Waals surface area contributed by atoms with Crippen molar-refractivity contribution in [2.45, 2.75) is 0 Å². The molecule has 0 aliphatic heterocycles. The summed E-state index contributed by atoms with van der Waals surface area (Å²) in [6.45, 7) is 0. The number of amides is 2. The van der Waals surface area contributed by atoms with Gasteiger partial charge in [-0.15, -0.1) is 0 Å². The van der Waals surface area contributed by atoms with E-state index in [1.807, 2.05) is 0 Å². The molecule has 4 aromatic rings. The maximum absolute atomic E-state index is 12.6. The number of rotatable bonds is 4. The molecule has 1 aromatic carbocycles. The van der Waals surface area contributed by atoms with Crippen molar-refractivity contribution in [1.82, 2.24) is 20.0 Å². The summed E-state index contributed by atoms with van der Waals surface area (Å²) < 4.78 is 6.82. The predicted octanol–water partition coefficient (Wildman–Crippen LogP) is 2.39. The van der Waals surface area contributed by atoms with Crippen LogP contribution < -0.4 is 10.6 Å². The largest absolute Gasteiger partial charge is 0.459 e. The number of para-hydroxylation sites is 1. The molecular weight excluding hydrogens is 336 g/mol. The zero-order valence-corrected chi connectivity index (χ0v) is 13.7. The number of aromatic amines is 1. The number of hydrogen-bond acceptors (Lipinski definition) is 5. The van der Waals surface area contributed by atoms with Crippen LogP contribution in [0.25, 0.3) is 11.1 Å². The van der Waals surface area contributed by atoms with Crippen LogP contribution in [0.3, 0.4) is 0 Å². The number of aryl methyl sites for hydroxylation is 1. The number of hydrogen-bond donors (Lipinski definition) is 3. The van der Waals surface area contributed by atoms with E-state index in [2.05, 4.69) is 25.9 Å². The molecule has 9 nitrogen and oxygen atoms in total. The summed E-state index contributed by atoms with van der Waals surface area (Å²) in [5.41, 5.74) is 2.05. The second kappa shape index (κ2) is 6.20. The van der Waals surface area contributed by atoms with Crippen LogP contribution >= 0.6 is 0 Å². The van der Waals surface area contributed by atoms with Gasteiger partial charge in [0.2, 0.25) is 0 Å². The van der Waals surface area contributed by atoms with Gasteiger partial charge in [0.05, 0.1) is 17.5 Å². The van der Waals surface area contributed by atoms with Gasteiger partial charge < -0.3 is 15.1 Å². The summed E-state index contributed by atoms with van der Waals surface area (Å²) in [6, 6.07) is 9.98. The van der Waals surface area contributed by atoms with Gasteiger partial charge in [-0.3, -0.25) is 19.4 Å². The fourth-order valence-electron chi connectivity index (χ4n) is 2.52. The van der Waals surface area contributed by atoms with Crippen molar-refractivity contribution in [2.75, 3.05) is 10.6 Å². The first-order valence-corrected chi connectivity index (χ1v) is 7.75. The minimum absolute atomic E-state index is 0.257. The van der Waals surface area contributed by atoms with Crippen LogP contribution in [0.15, 0.2) is 53.3 Å². The fourth-order valence-corrected chi connectivity index (χ4v) is 2.52. The molecule has 3 aromatic heterocycles. The molecule has 130 valence electrons. The minimum Gasteiger partial charge on any atom is -0.459 e. The lowest BCUT2D eigenvalue weighted by Gasteiger charge is -2.09. The van der Waals surface area contributed by atoms with Crippen molar-refractivity contribution in [3.63, 3.8) is 0 Å². The zero-order valence-electron chi connectivity index (χ0n) is 13.7. The Balaban J connectivity index is 1.58. The highest BCUT2D eigenvalue weighted by molar-refractivity contribution is 6.13. The maximum Gasteiger partial charge on any atom is 0.276 e. The molecule has 0 spiro atoms. The van der Waals surface area contributed by atoms with Crippen molar-refractivity contribution >= 4 is 34.4 Å². The average Bonchev–Trinajstić information content (AvgIpc) is 3.34. The number of fused-ring (bicyclic) bond motifs is 1. The molecule has 0 saturated heterocycles. The Bertz CT molecular complexity index is 1110. The number of anilines is 2. The quantitative estimate of drug-likeness (QED) is 0.522. The monoisotopic (exact) mass is 350 g/mol. The second-order valence-corrected chi connectivity index (χ2v) is 5.56. The van der Waals surface area contributed by atoms with Crippen molar-refractivity contribution in [3.05, 3.63) is 60.1 Å². The third-order valence-electron chi connectivity index (χ3n) is 3.77. The molecule has 0 unspecified atom stereocenters. The Morgan fingerprint density at radius 2 is 1.96 bits per heavy atom. The molecule has 0 atom stereocenters. The first-order chi connectivity index (χ1) is 12.6. The van der Waals surface area contributed by atoms with Crippen molar-refractivity contribution in [1.29, 1.82) is 0 Å². The van der Waals surface area contributed by atoms with Gasteiger partial charge in [-0.2, -0.15) is 10.2 Å². The third-order valence-corrected chi connectivity index (χ3v) is 3.77. The fraction of sp³-hybridized carbons (Fsp3) is 0.0588. The Kier molecular flexibility index (Phi) is 3.73. The number of furan rings is 1. The summed E-state index contributed by atoms with van der Waals surface area (Å²) >= 11 is 0. The van der Waals surface area contributed by atoms with Crippen LogP contribution in [0.5, 0.6) is 0 Å². The predicted molar refractivity (Wildman–Crippen MR) is 93.9 cm³/mol. The standard InChI is InChI=1S/C17H14N6O3/c1-23-8-6-13(22-23)17(25)18-11-5-3-2-4-10(11)16(24)19-15-14-12(20-21-15)7-9-26-14/h2-9H,1H3,(H,18,25)(H2,19,20,21,24). The van der Waals surface area contributed by atoms with E-state index < -0.39 is 11.8 Å². The average molecular weight is 350 g/mol. The molecule has 0 aliphatic carbocycles. The minimum atomic E-state index is -0.424. The number of aromatic nitrogens is 4. The van der Waals surface area contributed by atoms with Crippen LogP contribution in [0, 0.1) is 0 Å². The molecule has 3 heterocycles. The van der Waals surface area contributed by atoms with Gasteiger partial charge in [0.25, 0.3) is 11.8 Å². The highest BCUT2D eigenvalue weighted by atomic mass is 16.3. The number of nitrogens with zero attached hydrogens (tertiary/aromatic N) is 3. The van der Waals surface area contributed by atoms with E-state index >= 15 is 0 Å². The van der Waals surface area contributed by atoms with Gasteiger partial charge in [0, 0.05) is 19.3 Å². The Hall–Kier alpha value is -3.88. The van der Waals surface area contributed by atoms with Gasteiger partial charge in [-0.25, -0.2) is 0 Å². The zero-order chi connectivity index (χ0) is 18.1. The number of carbonyl (C=O) groups is 2. The lowest BCUT2D eigenvalue weighted by molar-refractivity contribution is 0.102. The van der Waals surface area contributed by atoms with Gasteiger partial charge in [0.1, 0.15) is 5.52 Å². The van der Waals surface area contributed by atoms with Crippen molar-refractivity contribution in [3.8, 4) is 0 Å². The smallest absolute Gasteiger partial charge is 0.276 e. The van der Waals surface area contributed by atoms with Crippen molar-refractivity contribution < 1.29 is 14.0 Å². The maximum atomic E-state index is 12.6. The molecule has 4 rings (SSSR count). The van der Waals surface area contributed by atoms with Crippen molar-refractivity contribution in [2.24, 2.45) is 7.05 Å². The molecule has 26 heavy (non-hydrogen) atoms.